The summed E-state index contributed by atoms with van der Waals surface area (Å²) in [5.74, 6) is -0.439. The summed E-state index contributed by atoms with van der Waals surface area (Å²) in [6.45, 7) is -0.00843. The third kappa shape index (κ3) is 3.29. The number of benzene rings is 1. The Morgan fingerprint density at radius 3 is 2.15 bits per heavy atom. The molecule has 1 amide bonds. The van der Waals surface area contributed by atoms with Crippen molar-refractivity contribution < 1.29 is 33.6 Å². The number of rotatable bonds is 5. The molecule has 1 aliphatic heterocycles. The molecule has 1 heterocycles. The fourth-order valence-corrected chi connectivity index (χ4v) is 4.00. The lowest BCUT2D eigenvalue weighted by atomic mass is 9.89. The topological polar surface area (TPSA) is 94.5 Å². The zero-order valence-electron chi connectivity index (χ0n) is 15.8. The minimum Gasteiger partial charge on any atom is -0.493 e. The summed E-state index contributed by atoms with van der Waals surface area (Å²) in [5, 5.41) is 9.63. The zero-order chi connectivity index (χ0) is 19.6. The number of carbonyl (C=O) groups is 2. The van der Waals surface area contributed by atoms with Crippen LogP contribution in [0, 0.1) is 0 Å². The summed E-state index contributed by atoms with van der Waals surface area (Å²) < 4.78 is 21.8. The number of hydrogen-bond acceptors (Lipinski definition) is 6. The van der Waals surface area contributed by atoms with Gasteiger partial charge >= 0.3 is 5.97 Å². The van der Waals surface area contributed by atoms with Gasteiger partial charge in [0, 0.05) is 5.56 Å². The van der Waals surface area contributed by atoms with Gasteiger partial charge in [0.15, 0.2) is 17.5 Å². The highest BCUT2D eigenvalue weighted by Crippen LogP contribution is 2.43. The van der Waals surface area contributed by atoms with Gasteiger partial charge in [0.25, 0.3) is 5.91 Å². The van der Waals surface area contributed by atoms with E-state index in [1.807, 2.05) is 0 Å². The number of ether oxygens (including phenoxy) is 4. The number of hydrogen-bond donors (Lipinski definition) is 1. The molecule has 148 valence electrons. The molecule has 1 spiro atoms. The fourth-order valence-electron chi connectivity index (χ4n) is 4.00. The molecule has 1 N–H and O–H groups in total. The van der Waals surface area contributed by atoms with E-state index in [0.29, 0.717) is 30.1 Å². The van der Waals surface area contributed by atoms with Crippen LogP contribution in [0.15, 0.2) is 12.1 Å². The van der Waals surface area contributed by atoms with E-state index in [9.17, 15) is 14.7 Å². The van der Waals surface area contributed by atoms with E-state index in [1.165, 1.54) is 38.4 Å². The smallest absolute Gasteiger partial charge is 0.328 e. The summed E-state index contributed by atoms with van der Waals surface area (Å²) in [6.07, 6.45) is 4.10. The normalized spacial score (nSPS) is 21.1. The van der Waals surface area contributed by atoms with Crippen molar-refractivity contribution in [2.24, 2.45) is 0 Å². The lowest BCUT2D eigenvalue weighted by Crippen LogP contribution is -2.54. The van der Waals surface area contributed by atoms with E-state index in [-0.39, 0.29) is 12.2 Å². The zero-order valence-corrected chi connectivity index (χ0v) is 15.8. The first-order valence-electron chi connectivity index (χ1n) is 8.98. The highest BCUT2D eigenvalue weighted by Gasteiger charge is 2.53. The maximum absolute atomic E-state index is 13.4. The second-order valence-corrected chi connectivity index (χ2v) is 6.76. The van der Waals surface area contributed by atoms with Crippen molar-refractivity contribution >= 4 is 11.9 Å². The van der Waals surface area contributed by atoms with E-state index in [0.717, 1.165) is 19.3 Å². The van der Waals surface area contributed by atoms with Crippen LogP contribution in [0.3, 0.4) is 0 Å². The van der Waals surface area contributed by atoms with Gasteiger partial charge in [0.1, 0.15) is 5.72 Å². The van der Waals surface area contributed by atoms with Gasteiger partial charge in [-0.3, -0.25) is 9.69 Å². The SMILES string of the molecule is COc1cc(C(=O)N2[C@@H](C(=O)O)COC23CCCCC3)cc(OC)c1OC. The second-order valence-electron chi connectivity index (χ2n) is 6.76. The molecule has 1 aromatic rings. The number of carboxylic acids is 1. The Balaban J connectivity index is 2.04. The highest BCUT2D eigenvalue weighted by molar-refractivity contribution is 5.98. The molecule has 2 fully saturated rings. The molecule has 0 radical (unpaired) electrons. The molecule has 1 saturated carbocycles. The summed E-state index contributed by atoms with van der Waals surface area (Å²) in [5.41, 5.74) is -0.593. The van der Waals surface area contributed by atoms with E-state index in [4.69, 9.17) is 18.9 Å². The Bertz CT molecular complexity index is 702. The molecule has 2 aliphatic rings. The number of amides is 1. The van der Waals surface area contributed by atoms with E-state index < -0.39 is 23.6 Å². The number of carboxylic acid groups (broad SMARTS) is 1. The molecule has 0 unspecified atom stereocenters. The molecule has 0 bridgehead atoms. The minimum atomic E-state index is -1.07. The molecular formula is C19H25NO7. The second kappa shape index (κ2) is 7.64. The molecule has 27 heavy (non-hydrogen) atoms. The van der Waals surface area contributed by atoms with Crippen LogP contribution in [-0.2, 0) is 9.53 Å². The Labute approximate surface area is 157 Å². The molecule has 8 heteroatoms. The van der Waals surface area contributed by atoms with Crippen LogP contribution in [0.2, 0.25) is 0 Å². The van der Waals surface area contributed by atoms with Gasteiger partial charge in [-0.05, 0) is 37.8 Å². The number of methoxy groups -OCH3 is 3. The lowest BCUT2D eigenvalue weighted by Gasteiger charge is -2.41. The third-order valence-electron chi connectivity index (χ3n) is 5.31. The van der Waals surface area contributed by atoms with Crippen LogP contribution < -0.4 is 14.2 Å². The Hall–Kier alpha value is -2.48. The molecule has 1 aliphatic carbocycles. The summed E-state index contributed by atoms with van der Waals surface area (Å²) in [4.78, 5) is 26.6. The predicted octanol–water partition coefficient (Wildman–Crippen LogP) is 2.30. The van der Waals surface area contributed by atoms with Crippen molar-refractivity contribution in [2.45, 2.75) is 43.9 Å². The van der Waals surface area contributed by atoms with Gasteiger partial charge in [-0.15, -0.1) is 0 Å². The molecule has 3 rings (SSSR count). The summed E-state index contributed by atoms with van der Waals surface area (Å²) >= 11 is 0. The summed E-state index contributed by atoms with van der Waals surface area (Å²) in [6, 6.07) is 2.06. The molecular weight excluding hydrogens is 354 g/mol. The maximum Gasteiger partial charge on any atom is 0.328 e. The highest BCUT2D eigenvalue weighted by atomic mass is 16.5. The molecule has 1 atom stereocenters. The fraction of sp³-hybridized carbons (Fsp3) is 0.579. The van der Waals surface area contributed by atoms with Crippen LogP contribution in [0.4, 0.5) is 0 Å². The van der Waals surface area contributed by atoms with E-state index in [1.54, 1.807) is 0 Å². The predicted molar refractivity (Wildman–Crippen MR) is 95.5 cm³/mol. The first-order chi connectivity index (χ1) is 13.0. The molecule has 0 aromatic heterocycles. The quantitative estimate of drug-likeness (QED) is 0.839. The molecule has 1 aromatic carbocycles. The lowest BCUT2D eigenvalue weighted by molar-refractivity contribution is -0.143. The average Bonchev–Trinajstić information content (AvgIpc) is 3.05. The average molecular weight is 379 g/mol. The number of nitrogens with zero attached hydrogens (tertiary/aromatic N) is 1. The third-order valence-corrected chi connectivity index (χ3v) is 5.31. The van der Waals surface area contributed by atoms with Crippen LogP contribution >= 0.6 is 0 Å². The first-order valence-corrected chi connectivity index (χ1v) is 8.98. The number of carbonyl (C=O) groups excluding carboxylic acids is 1. The van der Waals surface area contributed by atoms with Crippen molar-refractivity contribution in [3.63, 3.8) is 0 Å². The van der Waals surface area contributed by atoms with Crippen LogP contribution in [0.1, 0.15) is 42.5 Å². The number of aliphatic carboxylic acids is 1. The van der Waals surface area contributed by atoms with Crippen molar-refractivity contribution in [2.75, 3.05) is 27.9 Å². The molecule has 1 saturated heterocycles. The van der Waals surface area contributed by atoms with Crippen LogP contribution in [0.5, 0.6) is 17.2 Å². The van der Waals surface area contributed by atoms with Crippen molar-refractivity contribution in [3.05, 3.63) is 17.7 Å². The molecule has 8 nitrogen and oxygen atoms in total. The van der Waals surface area contributed by atoms with Crippen LogP contribution in [0.25, 0.3) is 0 Å². The van der Waals surface area contributed by atoms with E-state index in [2.05, 4.69) is 0 Å². The van der Waals surface area contributed by atoms with Gasteiger partial charge in [-0.25, -0.2) is 4.79 Å². The van der Waals surface area contributed by atoms with Crippen molar-refractivity contribution in [1.82, 2.24) is 4.90 Å². The maximum atomic E-state index is 13.4. The van der Waals surface area contributed by atoms with Crippen molar-refractivity contribution in [3.8, 4) is 17.2 Å². The monoisotopic (exact) mass is 379 g/mol. The van der Waals surface area contributed by atoms with Gasteiger partial charge < -0.3 is 24.1 Å². The Morgan fingerprint density at radius 2 is 1.67 bits per heavy atom. The van der Waals surface area contributed by atoms with Gasteiger partial charge in [-0.2, -0.15) is 0 Å². The Kier molecular flexibility index (Phi) is 5.46. The van der Waals surface area contributed by atoms with Gasteiger partial charge in [-0.1, -0.05) is 6.42 Å². The Morgan fingerprint density at radius 1 is 1.07 bits per heavy atom. The minimum absolute atomic E-state index is 0.00843. The standard InChI is InChI=1S/C19H25NO7/c1-24-14-9-12(10-15(25-2)16(14)26-3)17(21)20-13(18(22)23)11-27-19(20)7-5-4-6-8-19/h9-10,13H,4-8,11H2,1-3H3,(H,22,23)/t13-/m1/s1. The largest absolute Gasteiger partial charge is 0.493 e. The first kappa shape index (κ1) is 19.3. The van der Waals surface area contributed by atoms with E-state index >= 15 is 0 Å². The van der Waals surface area contributed by atoms with Gasteiger partial charge in [0.2, 0.25) is 5.75 Å². The van der Waals surface area contributed by atoms with Crippen molar-refractivity contribution in [1.29, 1.82) is 0 Å². The van der Waals surface area contributed by atoms with Crippen LogP contribution in [-0.4, -0.2) is 61.6 Å². The van der Waals surface area contributed by atoms with Gasteiger partial charge in [0.05, 0.1) is 27.9 Å². The summed E-state index contributed by atoms with van der Waals surface area (Å²) in [7, 11) is 4.41.